The Labute approximate surface area is 118 Å². The average Bonchev–Trinajstić information content (AvgIpc) is 2.78. The van der Waals surface area contributed by atoms with Crippen LogP contribution in [0.25, 0.3) is 0 Å². The molecule has 0 aromatic rings. The highest BCUT2D eigenvalue weighted by Crippen LogP contribution is 2.39. The molecule has 1 aliphatic heterocycles. The smallest absolute Gasteiger partial charge is 0.0594 e. The van der Waals surface area contributed by atoms with Gasteiger partial charge < -0.3 is 14.8 Å². The van der Waals surface area contributed by atoms with Crippen LogP contribution in [0.3, 0.4) is 0 Å². The van der Waals surface area contributed by atoms with Crippen LogP contribution in [0.15, 0.2) is 0 Å². The minimum atomic E-state index is 0.455. The summed E-state index contributed by atoms with van der Waals surface area (Å²) < 4.78 is 11.4. The van der Waals surface area contributed by atoms with Gasteiger partial charge in [-0.3, -0.25) is 0 Å². The lowest BCUT2D eigenvalue weighted by Gasteiger charge is -2.38. The largest absolute Gasteiger partial charge is 0.381 e. The highest BCUT2D eigenvalue weighted by atomic mass is 16.5. The third kappa shape index (κ3) is 5.41. The molecule has 2 fully saturated rings. The summed E-state index contributed by atoms with van der Waals surface area (Å²) in [6.07, 6.45) is 5.47. The highest BCUT2D eigenvalue weighted by Gasteiger charge is 2.32. The monoisotopic (exact) mass is 269 g/mol. The second kappa shape index (κ2) is 7.05. The zero-order valence-corrected chi connectivity index (χ0v) is 12.9. The van der Waals surface area contributed by atoms with E-state index in [1.807, 2.05) is 0 Å². The molecule has 0 radical (unpaired) electrons. The Balaban J connectivity index is 1.55. The van der Waals surface area contributed by atoms with Crippen LogP contribution in [0, 0.1) is 17.3 Å². The molecule has 19 heavy (non-hydrogen) atoms. The van der Waals surface area contributed by atoms with E-state index in [-0.39, 0.29) is 0 Å². The van der Waals surface area contributed by atoms with E-state index in [1.165, 1.54) is 25.7 Å². The quantitative estimate of drug-likeness (QED) is 0.752. The van der Waals surface area contributed by atoms with E-state index >= 15 is 0 Å². The van der Waals surface area contributed by atoms with Crippen LogP contribution in [-0.2, 0) is 9.47 Å². The molecule has 3 nitrogen and oxygen atoms in total. The minimum absolute atomic E-state index is 0.455. The lowest BCUT2D eigenvalue weighted by molar-refractivity contribution is -0.0214. The van der Waals surface area contributed by atoms with Crippen molar-refractivity contribution in [3.8, 4) is 0 Å². The van der Waals surface area contributed by atoms with E-state index in [2.05, 4.69) is 26.1 Å². The van der Waals surface area contributed by atoms with Gasteiger partial charge in [-0.1, -0.05) is 20.8 Å². The lowest BCUT2D eigenvalue weighted by Crippen LogP contribution is -2.34. The first kappa shape index (κ1) is 15.3. The number of hydrogen-bond donors (Lipinski definition) is 1. The van der Waals surface area contributed by atoms with Crippen LogP contribution in [0.2, 0.25) is 0 Å². The molecule has 1 saturated carbocycles. The molecule has 0 amide bonds. The van der Waals surface area contributed by atoms with Crippen molar-refractivity contribution in [2.45, 2.75) is 52.6 Å². The van der Waals surface area contributed by atoms with Gasteiger partial charge in [-0.05, 0) is 42.9 Å². The molecule has 3 heteroatoms. The number of nitrogens with one attached hydrogen (secondary N) is 1. The van der Waals surface area contributed by atoms with Gasteiger partial charge in [0.25, 0.3) is 0 Å². The molecule has 1 heterocycles. The summed E-state index contributed by atoms with van der Waals surface area (Å²) in [5.41, 5.74) is 0.455. The van der Waals surface area contributed by atoms with Crippen molar-refractivity contribution in [3.63, 3.8) is 0 Å². The Kier molecular flexibility index (Phi) is 5.67. The first-order valence-corrected chi connectivity index (χ1v) is 7.95. The van der Waals surface area contributed by atoms with Crippen LogP contribution in [0.1, 0.15) is 46.5 Å². The van der Waals surface area contributed by atoms with Crippen LogP contribution in [-0.4, -0.2) is 39.0 Å². The van der Waals surface area contributed by atoms with Gasteiger partial charge >= 0.3 is 0 Å². The van der Waals surface area contributed by atoms with Gasteiger partial charge in [0, 0.05) is 19.7 Å². The summed E-state index contributed by atoms with van der Waals surface area (Å²) in [5.74, 6) is 1.52. The van der Waals surface area contributed by atoms with Crippen molar-refractivity contribution in [3.05, 3.63) is 0 Å². The van der Waals surface area contributed by atoms with E-state index in [0.29, 0.717) is 17.4 Å². The summed E-state index contributed by atoms with van der Waals surface area (Å²) in [6, 6.07) is 0. The van der Waals surface area contributed by atoms with Crippen LogP contribution < -0.4 is 5.32 Å². The molecule has 2 rings (SSSR count). The Morgan fingerprint density at radius 2 is 2.16 bits per heavy atom. The van der Waals surface area contributed by atoms with Crippen molar-refractivity contribution in [2.75, 3.05) is 32.9 Å². The van der Waals surface area contributed by atoms with Gasteiger partial charge in [0.1, 0.15) is 0 Å². The fraction of sp³-hybridized carbons (Fsp3) is 1.00. The first-order chi connectivity index (χ1) is 9.05. The number of hydrogen-bond acceptors (Lipinski definition) is 3. The molecule has 112 valence electrons. The predicted molar refractivity (Wildman–Crippen MR) is 78.3 cm³/mol. The van der Waals surface area contributed by atoms with Gasteiger partial charge in [0.2, 0.25) is 0 Å². The molecular formula is C16H31NO2. The van der Waals surface area contributed by atoms with E-state index in [1.54, 1.807) is 0 Å². The fourth-order valence-corrected chi connectivity index (χ4v) is 3.73. The molecule has 0 aromatic heterocycles. The van der Waals surface area contributed by atoms with Gasteiger partial charge in [0.15, 0.2) is 0 Å². The summed E-state index contributed by atoms with van der Waals surface area (Å²) in [5, 5.41) is 3.49. The number of ether oxygens (including phenoxy) is 2. The SMILES string of the molecule is CC1CC(OCCNCC2CCOC2)CC(C)(C)C1. The van der Waals surface area contributed by atoms with Gasteiger partial charge in [-0.2, -0.15) is 0 Å². The third-order valence-corrected chi connectivity index (χ3v) is 4.44. The lowest BCUT2D eigenvalue weighted by atomic mass is 9.71. The highest BCUT2D eigenvalue weighted by molar-refractivity contribution is 4.83. The normalized spacial score (nSPS) is 34.6. The molecule has 0 spiro atoms. The molecule has 2 aliphatic rings. The average molecular weight is 269 g/mol. The second-order valence-electron chi connectivity index (χ2n) is 7.34. The van der Waals surface area contributed by atoms with Crippen molar-refractivity contribution in [2.24, 2.45) is 17.3 Å². The van der Waals surface area contributed by atoms with Crippen molar-refractivity contribution in [1.82, 2.24) is 5.32 Å². The van der Waals surface area contributed by atoms with E-state index < -0.39 is 0 Å². The summed E-state index contributed by atoms with van der Waals surface area (Å²) >= 11 is 0. The third-order valence-electron chi connectivity index (χ3n) is 4.44. The summed E-state index contributed by atoms with van der Waals surface area (Å²) in [4.78, 5) is 0. The van der Waals surface area contributed by atoms with Crippen LogP contribution >= 0.6 is 0 Å². The van der Waals surface area contributed by atoms with Gasteiger partial charge in [0.05, 0.1) is 19.3 Å². The molecule has 0 bridgehead atoms. The molecule has 1 aliphatic carbocycles. The minimum Gasteiger partial charge on any atom is -0.381 e. The molecule has 3 unspecified atom stereocenters. The zero-order valence-electron chi connectivity index (χ0n) is 12.9. The summed E-state index contributed by atoms with van der Waals surface area (Å²) in [7, 11) is 0. The van der Waals surface area contributed by atoms with E-state index in [4.69, 9.17) is 9.47 Å². The van der Waals surface area contributed by atoms with Gasteiger partial charge in [-0.25, -0.2) is 0 Å². The summed E-state index contributed by atoms with van der Waals surface area (Å²) in [6.45, 7) is 11.9. The van der Waals surface area contributed by atoms with Crippen LogP contribution in [0.4, 0.5) is 0 Å². The molecule has 0 aromatic carbocycles. The predicted octanol–water partition coefficient (Wildman–Crippen LogP) is 2.84. The van der Waals surface area contributed by atoms with Crippen molar-refractivity contribution < 1.29 is 9.47 Å². The topological polar surface area (TPSA) is 30.5 Å². The van der Waals surface area contributed by atoms with Gasteiger partial charge in [-0.15, -0.1) is 0 Å². The van der Waals surface area contributed by atoms with E-state index in [0.717, 1.165) is 38.8 Å². The Morgan fingerprint density at radius 3 is 2.84 bits per heavy atom. The maximum absolute atomic E-state index is 6.06. The maximum Gasteiger partial charge on any atom is 0.0594 e. The number of rotatable bonds is 6. The first-order valence-electron chi connectivity index (χ1n) is 7.95. The Hall–Kier alpha value is -0.120. The molecule has 1 N–H and O–H groups in total. The van der Waals surface area contributed by atoms with E-state index in [9.17, 15) is 0 Å². The molecule has 1 saturated heterocycles. The van der Waals surface area contributed by atoms with Crippen molar-refractivity contribution in [1.29, 1.82) is 0 Å². The Morgan fingerprint density at radius 1 is 1.32 bits per heavy atom. The second-order valence-corrected chi connectivity index (χ2v) is 7.34. The standard InChI is InChI=1S/C16H31NO2/c1-13-8-15(10-16(2,3)9-13)19-7-5-17-11-14-4-6-18-12-14/h13-15,17H,4-12H2,1-3H3. The maximum atomic E-state index is 6.06. The molecule has 3 atom stereocenters. The van der Waals surface area contributed by atoms with Crippen molar-refractivity contribution >= 4 is 0 Å². The fourth-order valence-electron chi connectivity index (χ4n) is 3.73. The van der Waals surface area contributed by atoms with Crippen LogP contribution in [0.5, 0.6) is 0 Å². The Bertz CT molecular complexity index is 261. The zero-order chi connectivity index (χ0) is 13.7. The molecular weight excluding hydrogens is 238 g/mol.